The Bertz CT molecular complexity index is 798. The van der Waals surface area contributed by atoms with Crippen molar-refractivity contribution in [3.05, 3.63) is 0 Å². The third kappa shape index (κ3) is 8.84. The molecule has 4 amide bonds. The second-order valence-corrected chi connectivity index (χ2v) is 8.55. The SMILES string of the molecule is CC(C)C(NC(=O)C1CCCN1C(=O)C(N)CCCN=C(N)N)C(=O)NC(CC(N)=O)C(=O)O. The van der Waals surface area contributed by atoms with E-state index in [0.717, 1.165) is 0 Å². The number of guanidine groups is 1. The number of aliphatic carboxylic acids is 1. The van der Waals surface area contributed by atoms with Crippen LogP contribution in [0, 0.1) is 5.92 Å². The Hall–Kier alpha value is -3.42. The van der Waals surface area contributed by atoms with Crippen molar-refractivity contribution in [2.75, 3.05) is 13.1 Å². The molecule has 34 heavy (non-hydrogen) atoms. The smallest absolute Gasteiger partial charge is 0.326 e. The third-order valence-corrected chi connectivity index (χ3v) is 5.39. The quantitative estimate of drug-likeness (QED) is 0.0795. The van der Waals surface area contributed by atoms with Gasteiger partial charge in [-0.3, -0.25) is 24.2 Å². The second kappa shape index (κ2) is 13.3. The van der Waals surface area contributed by atoms with E-state index in [1.54, 1.807) is 13.8 Å². The van der Waals surface area contributed by atoms with Crippen LogP contribution in [0.25, 0.3) is 0 Å². The summed E-state index contributed by atoms with van der Waals surface area (Å²) in [7, 11) is 0. The highest BCUT2D eigenvalue weighted by Gasteiger charge is 2.38. The number of hydrogen-bond acceptors (Lipinski definition) is 7. The minimum absolute atomic E-state index is 0.0516. The minimum Gasteiger partial charge on any atom is -0.480 e. The number of carbonyl (C=O) groups excluding carboxylic acids is 4. The van der Waals surface area contributed by atoms with E-state index in [2.05, 4.69) is 15.6 Å². The molecule has 192 valence electrons. The topological polar surface area (TPSA) is 249 Å². The molecule has 1 aliphatic rings. The van der Waals surface area contributed by atoms with Crippen molar-refractivity contribution in [2.45, 2.75) is 70.1 Å². The van der Waals surface area contributed by atoms with Gasteiger partial charge in [-0.25, -0.2) is 4.79 Å². The standard InChI is InChI=1S/C20H36N8O6/c1-10(2)15(17(31)26-12(19(33)34)9-14(22)29)27-16(30)13-6-4-8-28(13)18(32)11(21)5-3-7-25-20(23)24/h10-13,15H,3-9,21H2,1-2H3,(H2,22,29)(H,26,31)(H,27,30)(H,33,34)(H4,23,24,25). The monoisotopic (exact) mass is 484 g/mol. The normalized spacial score (nSPS) is 18.0. The van der Waals surface area contributed by atoms with Gasteiger partial charge in [0.1, 0.15) is 18.1 Å². The number of aliphatic imine (C=N–C) groups is 1. The van der Waals surface area contributed by atoms with Crippen molar-refractivity contribution in [3.8, 4) is 0 Å². The van der Waals surface area contributed by atoms with Gasteiger partial charge in [0.25, 0.3) is 0 Å². The lowest BCUT2D eigenvalue weighted by Gasteiger charge is -2.29. The molecule has 14 nitrogen and oxygen atoms in total. The van der Waals surface area contributed by atoms with Gasteiger partial charge in [0, 0.05) is 13.1 Å². The Morgan fingerprint density at radius 3 is 2.29 bits per heavy atom. The highest BCUT2D eigenvalue weighted by Crippen LogP contribution is 2.20. The van der Waals surface area contributed by atoms with E-state index in [1.165, 1.54) is 4.90 Å². The first-order chi connectivity index (χ1) is 15.8. The summed E-state index contributed by atoms with van der Waals surface area (Å²) < 4.78 is 0. The van der Waals surface area contributed by atoms with Gasteiger partial charge in [0.15, 0.2) is 5.96 Å². The number of amides is 4. The molecule has 1 heterocycles. The van der Waals surface area contributed by atoms with Gasteiger partial charge in [-0.05, 0) is 31.6 Å². The molecular weight excluding hydrogens is 448 g/mol. The Balaban J connectivity index is 2.81. The average molecular weight is 485 g/mol. The molecule has 14 heteroatoms. The van der Waals surface area contributed by atoms with Gasteiger partial charge in [0.2, 0.25) is 23.6 Å². The molecule has 0 bridgehead atoms. The summed E-state index contributed by atoms with van der Waals surface area (Å²) in [6, 6.07) is -4.26. The Morgan fingerprint density at radius 2 is 1.76 bits per heavy atom. The maximum Gasteiger partial charge on any atom is 0.326 e. The first-order valence-electron chi connectivity index (χ1n) is 11.1. The summed E-state index contributed by atoms with van der Waals surface area (Å²) in [5, 5.41) is 14.0. The molecule has 1 fully saturated rings. The fraction of sp³-hybridized carbons (Fsp3) is 0.700. The zero-order chi connectivity index (χ0) is 26.0. The van der Waals surface area contributed by atoms with Crippen LogP contribution in [0.3, 0.4) is 0 Å². The van der Waals surface area contributed by atoms with E-state index >= 15 is 0 Å². The van der Waals surface area contributed by atoms with Gasteiger partial charge < -0.3 is 43.6 Å². The molecule has 0 radical (unpaired) electrons. The molecular formula is C20H36N8O6. The fourth-order valence-corrected chi connectivity index (χ4v) is 3.61. The summed E-state index contributed by atoms with van der Waals surface area (Å²) in [4.78, 5) is 66.1. The number of carboxylic acid groups (broad SMARTS) is 1. The molecule has 1 rings (SSSR count). The highest BCUT2D eigenvalue weighted by molar-refractivity contribution is 5.95. The van der Waals surface area contributed by atoms with Crippen molar-refractivity contribution in [3.63, 3.8) is 0 Å². The van der Waals surface area contributed by atoms with Gasteiger partial charge in [0.05, 0.1) is 12.5 Å². The molecule has 0 aromatic rings. The van der Waals surface area contributed by atoms with Crippen LogP contribution in [-0.2, 0) is 24.0 Å². The van der Waals surface area contributed by atoms with E-state index in [1.807, 2.05) is 0 Å². The molecule has 0 saturated carbocycles. The van der Waals surface area contributed by atoms with Gasteiger partial charge >= 0.3 is 5.97 Å². The summed E-state index contributed by atoms with van der Waals surface area (Å²) >= 11 is 0. The first-order valence-corrected chi connectivity index (χ1v) is 11.1. The number of nitrogens with two attached hydrogens (primary N) is 4. The summed E-state index contributed by atoms with van der Waals surface area (Å²) in [6.07, 6.45) is 1.20. The molecule has 0 aromatic carbocycles. The molecule has 4 atom stereocenters. The van der Waals surface area contributed by atoms with Crippen molar-refractivity contribution in [1.82, 2.24) is 15.5 Å². The Morgan fingerprint density at radius 1 is 1.12 bits per heavy atom. The van der Waals surface area contributed by atoms with Crippen molar-refractivity contribution >= 4 is 35.6 Å². The first kappa shape index (κ1) is 28.6. The maximum atomic E-state index is 13.0. The van der Waals surface area contributed by atoms with Gasteiger partial charge in [-0.15, -0.1) is 0 Å². The molecule has 0 spiro atoms. The maximum absolute atomic E-state index is 13.0. The Kier molecular flexibility index (Phi) is 11.2. The predicted molar refractivity (Wildman–Crippen MR) is 123 cm³/mol. The van der Waals surface area contributed by atoms with Crippen LogP contribution in [0.2, 0.25) is 0 Å². The van der Waals surface area contributed by atoms with Crippen LogP contribution < -0.4 is 33.6 Å². The number of likely N-dealkylation sites (tertiary alicyclic amines) is 1. The Labute approximate surface area is 197 Å². The fourth-order valence-electron chi connectivity index (χ4n) is 3.61. The number of nitrogens with one attached hydrogen (secondary N) is 2. The average Bonchev–Trinajstić information content (AvgIpc) is 3.22. The van der Waals surface area contributed by atoms with Crippen LogP contribution in [-0.4, -0.2) is 82.8 Å². The largest absolute Gasteiger partial charge is 0.480 e. The van der Waals surface area contributed by atoms with Crippen LogP contribution in [0.4, 0.5) is 0 Å². The van der Waals surface area contributed by atoms with E-state index < -0.39 is 60.2 Å². The number of rotatable bonds is 13. The van der Waals surface area contributed by atoms with Crippen molar-refractivity contribution < 1.29 is 29.1 Å². The highest BCUT2D eigenvalue weighted by atomic mass is 16.4. The molecule has 4 unspecified atom stereocenters. The van der Waals surface area contributed by atoms with Crippen LogP contribution >= 0.6 is 0 Å². The lowest BCUT2D eigenvalue weighted by molar-refractivity contribution is -0.144. The van der Waals surface area contributed by atoms with Crippen LogP contribution in [0.1, 0.15) is 46.0 Å². The molecule has 0 aliphatic carbocycles. The van der Waals surface area contributed by atoms with Crippen LogP contribution in [0.15, 0.2) is 4.99 Å². The van der Waals surface area contributed by atoms with E-state index in [4.69, 9.17) is 22.9 Å². The lowest BCUT2D eigenvalue weighted by Crippen LogP contribution is -2.58. The van der Waals surface area contributed by atoms with E-state index in [-0.39, 0.29) is 11.9 Å². The third-order valence-electron chi connectivity index (χ3n) is 5.39. The number of carbonyl (C=O) groups is 5. The lowest BCUT2D eigenvalue weighted by atomic mass is 10.0. The van der Waals surface area contributed by atoms with Gasteiger partial charge in [-0.1, -0.05) is 13.8 Å². The molecule has 1 aliphatic heterocycles. The van der Waals surface area contributed by atoms with E-state index in [9.17, 15) is 29.1 Å². The molecule has 0 aromatic heterocycles. The van der Waals surface area contributed by atoms with Crippen LogP contribution in [0.5, 0.6) is 0 Å². The second-order valence-electron chi connectivity index (χ2n) is 8.55. The zero-order valence-corrected chi connectivity index (χ0v) is 19.5. The predicted octanol–water partition coefficient (Wildman–Crippen LogP) is -3.06. The van der Waals surface area contributed by atoms with Gasteiger partial charge in [-0.2, -0.15) is 0 Å². The van der Waals surface area contributed by atoms with Crippen molar-refractivity contribution in [1.29, 1.82) is 0 Å². The van der Waals surface area contributed by atoms with Crippen molar-refractivity contribution in [2.24, 2.45) is 33.8 Å². The minimum atomic E-state index is -1.52. The van der Waals surface area contributed by atoms with E-state index in [0.29, 0.717) is 38.8 Å². The zero-order valence-electron chi connectivity index (χ0n) is 19.5. The molecule has 1 saturated heterocycles. The number of hydrogen-bond donors (Lipinski definition) is 7. The number of primary amides is 1. The number of nitrogens with zero attached hydrogens (tertiary/aromatic N) is 2. The summed E-state index contributed by atoms with van der Waals surface area (Å²) in [5.41, 5.74) is 21.6. The number of carboxylic acids is 1. The summed E-state index contributed by atoms with van der Waals surface area (Å²) in [5.74, 6) is -4.49. The molecule has 11 N–H and O–H groups in total. The summed E-state index contributed by atoms with van der Waals surface area (Å²) in [6.45, 7) is 4.00.